The number of carbonyl (C=O) groups excluding carboxylic acids is 1. The largest absolute Gasteiger partial charge is 0.482 e. The van der Waals surface area contributed by atoms with Crippen LogP contribution >= 0.6 is 0 Å². The smallest absolute Gasteiger partial charge is 0.278 e. The second kappa shape index (κ2) is 7.38. The highest BCUT2D eigenvalue weighted by Gasteiger charge is 2.34. The lowest BCUT2D eigenvalue weighted by Crippen LogP contribution is -2.53. The summed E-state index contributed by atoms with van der Waals surface area (Å²) in [6.45, 7) is 2.48. The molecule has 0 saturated carbocycles. The van der Waals surface area contributed by atoms with Crippen molar-refractivity contribution in [2.75, 3.05) is 12.0 Å². The van der Waals surface area contributed by atoms with E-state index in [0.29, 0.717) is 0 Å². The Morgan fingerprint density at radius 2 is 1.89 bits per heavy atom. The zero-order chi connectivity index (χ0) is 19.6. The predicted octanol–water partition coefficient (Wildman–Crippen LogP) is 2.82. The lowest BCUT2D eigenvalue weighted by molar-refractivity contribution is 0.000632. The number of carbonyl (C=O) groups is 1. The normalized spacial score (nSPS) is 16.7. The maximum Gasteiger partial charge on any atom is 0.278 e. The zero-order valence-corrected chi connectivity index (χ0v) is 15.1. The Balaban J connectivity index is 1.89. The lowest BCUT2D eigenvalue weighted by Gasteiger charge is -2.37. The second-order valence-electron chi connectivity index (χ2n) is 6.63. The Labute approximate surface area is 155 Å². The van der Waals surface area contributed by atoms with Crippen molar-refractivity contribution in [1.29, 1.82) is 0 Å². The molecule has 144 valence electrons. The molecule has 1 unspecified atom stereocenters. The number of rotatable bonds is 6. The molecule has 2 aromatic rings. The minimum absolute atomic E-state index is 0.0101. The van der Waals surface area contributed by atoms with Crippen LogP contribution in [-0.4, -0.2) is 34.1 Å². The Morgan fingerprint density at radius 1 is 1.19 bits per heavy atom. The number of amides is 1. The van der Waals surface area contributed by atoms with Crippen LogP contribution < -0.4 is 15.6 Å². The van der Waals surface area contributed by atoms with E-state index in [1.165, 1.54) is 21.8 Å². The molecule has 27 heavy (non-hydrogen) atoms. The quantitative estimate of drug-likeness (QED) is 0.841. The van der Waals surface area contributed by atoms with Crippen molar-refractivity contribution in [3.05, 3.63) is 64.1 Å². The summed E-state index contributed by atoms with van der Waals surface area (Å²) >= 11 is 0. The molecule has 1 aliphatic rings. The van der Waals surface area contributed by atoms with Gasteiger partial charge in [0, 0.05) is 25.2 Å². The third-order valence-corrected chi connectivity index (χ3v) is 4.33. The SMILES string of the molecule is CC1Nn2ccc(=O)c(OCc3ccccc3)c2C(=O)N1CCC(C)(F)F. The summed E-state index contributed by atoms with van der Waals surface area (Å²) in [6, 6.07) is 10.5. The fourth-order valence-corrected chi connectivity index (χ4v) is 2.89. The average Bonchev–Trinajstić information content (AvgIpc) is 2.61. The minimum Gasteiger partial charge on any atom is -0.482 e. The molecule has 0 bridgehead atoms. The highest BCUT2D eigenvalue weighted by atomic mass is 19.3. The first-order chi connectivity index (χ1) is 12.8. The zero-order valence-electron chi connectivity index (χ0n) is 15.1. The fourth-order valence-electron chi connectivity index (χ4n) is 2.89. The fraction of sp³-hybridized carbons (Fsp3) is 0.368. The highest BCUT2D eigenvalue weighted by Crippen LogP contribution is 2.24. The van der Waals surface area contributed by atoms with Crippen molar-refractivity contribution in [2.24, 2.45) is 0 Å². The number of hydrogen-bond donors (Lipinski definition) is 1. The van der Waals surface area contributed by atoms with Gasteiger partial charge in [-0.2, -0.15) is 0 Å². The summed E-state index contributed by atoms with van der Waals surface area (Å²) in [5.74, 6) is -3.51. The molecule has 1 aromatic carbocycles. The Morgan fingerprint density at radius 3 is 2.56 bits per heavy atom. The van der Waals surface area contributed by atoms with Gasteiger partial charge in [-0.3, -0.25) is 14.3 Å². The van der Waals surface area contributed by atoms with Crippen molar-refractivity contribution in [3.8, 4) is 5.75 Å². The van der Waals surface area contributed by atoms with Gasteiger partial charge in [0.25, 0.3) is 5.91 Å². The molecule has 1 aliphatic heterocycles. The van der Waals surface area contributed by atoms with Gasteiger partial charge in [0.05, 0.1) is 0 Å². The first kappa shape index (κ1) is 18.9. The van der Waals surface area contributed by atoms with Crippen LogP contribution in [0.5, 0.6) is 5.75 Å². The number of nitrogens with one attached hydrogen (secondary N) is 1. The molecule has 0 aliphatic carbocycles. The summed E-state index contributed by atoms with van der Waals surface area (Å²) in [7, 11) is 0. The van der Waals surface area contributed by atoms with Crippen LogP contribution in [0.2, 0.25) is 0 Å². The Bertz CT molecular complexity index is 878. The van der Waals surface area contributed by atoms with E-state index in [2.05, 4.69) is 5.43 Å². The van der Waals surface area contributed by atoms with Gasteiger partial charge in [0.15, 0.2) is 11.4 Å². The van der Waals surface area contributed by atoms with Gasteiger partial charge in [0.2, 0.25) is 11.4 Å². The Hall–Kier alpha value is -2.90. The molecule has 1 aromatic heterocycles. The second-order valence-corrected chi connectivity index (χ2v) is 6.63. The molecule has 0 radical (unpaired) electrons. The highest BCUT2D eigenvalue weighted by molar-refractivity contribution is 5.96. The van der Waals surface area contributed by atoms with Gasteiger partial charge < -0.3 is 15.1 Å². The summed E-state index contributed by atoms with van der Waals surface area (Å²) in [6.07, 6.45) is 0.465. The van der Waals surface area contributed by atoms with Gasteiger partial charge in [-0.1, -0.05) is 30.3 Å². The molecule has 1 amide bonds. The summed E-state index contributed by atoms with van der Waals surface area (Å²) in [5, 5.41) is 0. The van der Waals surface area contributed by atoms with E-state index in [1.807, 2.05) is 30.3 Å². The van der Waals surface area contributed by atoms with Crippen LogP contribution in [0.1, 0.15) is 36.3 Å². The number of alkyl halides is 2. The number of nitrogens with zero attached hydrogens (tertiary/aromatic N) is 2. The van der Waals surface area contributed by atoms with Crippen molar-refractivity contribution in [3.63, 3.8) is 0 Å². The van der Waals surface area contributed by atoms with Crippen LogP contribution in [0, 0.1) is 0 Å². The first-order valence-electron chi connectivity index (χ1n) is 8.64. The van der Waals surface area contributed by atoms with E-state index in [-0.39, 0.29) is 24.6 Å². The predicted molar refractivity (Wildman–Crippen MR) is 96.6 cm³/mol. The first-order valence-corrected chi connectivity index (χ1v) is 8.64. The van der Waals surface area contributed by atoms with Gasteiger partial charge in [-0.25, -0.2) is 8.78 Å². The van der Waals surface area contributed by atoms with E-state index < -0.39 is 29.8 Å². The van der Waals surface area contributed by atoms with E-state index >= 15 is 0 Å². The van der Waals surface area contributed by atoms with Crippen LogP contribution in [-0.2, 0) is 6.61 Å². The number of ether oxygens (including phenoxy) is 1. The molecule has 3 rings (SSSR count). The molecule has 8 heteroatoms. The molecule has 6 nitrogen and oxygen atoms in total. The van der Waals surface area contributed by atoms with Crippen LogP contribution in [0.3, 0.4) is 0 Å². The monoisotopic (exact) mass is 377 g/mol. The lowest BCUT2D eigenvalue weighted by atomic mass is 10.2. The molecule has 0 fully saturated rings. The number of aromatic nitrogens is 1. The van der Waals surface area contributed by atoms with Crippen molar-refractivity contribution >= 4 is 5.91 Å². The molecule has 0 spiro atoms. The van der Waals surface area contributed by atoms with Crippen LogP contribution in [0.4, 0.5) is 8.78 Å². The maximum absolute atomic E-state index is 13.2. The van der Waals surface area contributed by atoms with E-state index in [4.69, 9.17) is 4.74 Å². The third kappa shape index (κ3) is 4.27. The van der Waals surface area contributed by atoms with Crippen molar-refractivity contribution in [2.45, 2.75) is 39.0 Å². The maximum atomic E-state index is 13.2. The topological polar surface area (TPSA) is 63.6 Å². The molecular weight excluding hydrogens is 356 g/mol. The van der Waals surface area contributed by atoms with E-state index in [9.17, 15) is 18.4 Å². The number of hydrogen-bond acceptors (Lipinski definition) is 4. The molecule has 1 atom stereocenters. The van der Waals surface area contributed by atoms with Gasteiger partial charge >= 0.3 is 0 Å². The van der Waals surface area contributed by atoms with Crippen LogP contribution in [0.25, 0.3) is 0 Å². The number of pyridine rings is 1. The number of benzene rings is 1. The van der Waals surface area contributed by atoms with Crippen LogP contribution in [0.15, 0.2) is 47.4 Å². The summed E-state index contributed by atoms with van der Waals surface area (Å²) in [4.78, 5) is 26.5. The molecular formula is C19H21F2N3O3. The minimum atomic E-state index is -2.89. The summed E-state index contributed by atoms with van der Waals surface area (Å²) < 4.78 is 33.5. The Kier molecular flexibility index (Phi) is 5.16. The van der Waals surface area contributed by atoms with Crippen molar-refractivity contribution < 1.29 is 18.3 Å². The molecule has 2 heterocycles. The van der Waals surface area contributed by atoms with Gasteiger partial charge in [-0.05, 0) is 19.4 Å². The van der Waals surface area contributed by atoms with E-state index in [1.54, 1.807) is 6.92 Å². The summed E-state index contributed by atoms with van der Waals surface area (Å²) in [5.41, 5.74) is 3.41. The third-order valence-electron chi connectivity index (χ3n) is 4.33. The van der Waals surface area contributed by atoms with Gasteiger partial charge in [-0.15, -0.1) is 0 Å². The van der Waals surface area contributed by atoms with Gasteiger partial charge in [0.1, 0.15) is 12.8 Å². The number of fused-ring (bicyclic) bond motifs is 1. The standard InChI is InChI=1S/C19H21F2N3O3/c1-13-22-24-10-8-15(25)17(27-12-14-6-4-3-5-7-14)16(24)18(26)23(13)11-9-19(2,20)21/h3-8,10,13,22H,9,11-12H2,1-2H3. The van der Waals surface area contributed by atoms with Crippen molar-refractivity contribution in [1.82, 2.24) is 9.58 Å². The van der Waals surface area contributed by atoms with E-state index in [0.717, 1.165) is 12.5 Å². The average molecular weight is 377 g/mol. The molecule has 0 saturated heterocycles. The molecule has 1 N–H and O–H groups in total. The number of halogens is 2.